The molecule has 0 radical (unpaired) electrons. The Balaban J connectivity index is 1.69. The van der Waals surface area contributed by atoms with Crippen LogP contribution < -0.4 is 5.32 Å². The zero-order chi connectivity index (χ0) is 17.1. The summed E-state index contributed by atoms with van der Waals surface area (Å²) in [7, 11) is 0. The highest BCUT2D eigenvalue weighted by atomic mass is 32.2. The molecule has 1 N–H and O–H groups in total. The van der Waals surface area contributed by atoms with Gasteiger partial charge in [0.25, 0.3) is 0 Å². The summed E-state index contributed by atoms with van der Waals surface area (Å²) < 4.78 is 2.09. The van der Waals surface area contributed by atoms with Crippen molar-refractivity contribution in [2.45, 2.75) is 49.6 Å². The van der Waals surface area contributed by atoms with Crippen molar-refractivity contribution in [3.63, 3.8) is 0 Å². The molecule has 0 bridgehead atoms. The van der Waals surface area contributed by atoms with Gasteiger partial charge in [0.05, 0.1) is 16.5 Å². The first-order valence-corrected chi connectivity index (χ1v) is 8.91. The molecule has 1 aliphatic rings. The Hall–Kier alpha value is -2.33. The monoisotopic (exact) mass is 341 g/mol. The Labute approximate surface area is 145 Å². The highest BCUT2D eigenvalue weighted by Crippen LogP contribution is 2.40. The van der Waals surface area contributed by atoms with Crippen molar-refractivity contribution >= 4 is 23.4 Å². The minimum atomic E-state index is -0.335. The highest BCUT2D eigenvalue weighted by Gasteiger charge is 2.30. The number of nitriles is 1. The molecule has 6 nitrogen and oxygen atoms in total. The molecule has 7 heteroatoms. The van der Waals surface area contributed by atoms with Gasteiger partial charge in [-0.1, -0.05) is 23.9 Å². The van der Waals surface area contributed by atoms with Crippen LogP contribution in [0.1, 0.15) is 44.0 Å². The van der Waals surface area contributed by atoms with Crippen molar-refractivity contribution in [3.05, 3.63) is 35.7 Å². The van der Waals surface area contributed by atoms with Crippen molar-refractivity contribution in [2.75, 3.05) is 5.32 Å². The number of carbonyl (C=O) groups is 1. The van der Waals surface area contributed by atoms with Crippen molar-refractivity contribution in [1.29, 1.82) is 5.26 Å². The third kappa shape index (κ3) is 3.44. The fourth-order valence-electron chi connectivity index (χ4n) is 2.46. The Kier molecular flexibility index (Phi) is 4.86. The van der Waals surface area contributed by atoms with E-state index < -0.39 is 0 Å². The van der Waals surface area contributed by atoms with Crippen molar-refractivity contribution < 1.29 is 4.79 Å². The van der Waals surface area contributed by atoms with Crippen LogP contribution in [0.2, 0.25) is 0 Å². The fraction of sp³-hybridized carbons (Fsp3) is 0.412. The molecular formula is C17H19N5OS. The number of hydrogen-bond donors (Lipinski definition) is 1. The predicted octanol–water partition coefficient (Wildman–Crippen LogP) is 3.17. The van der Waals surface area contributed by atoms with Crippen LogP contribution in [0.3, 0.4) is 0 Å². The first-order valence-electron chi connectivity index (χ1n) is 8.03. The molecule has 24 heavy (non-hydrogen) atoms. The summed E-state index contributed by atoms with van der Waals surface area (Å²) in [5.41, 5.74) is 0.990. The van der Waals surface area contributed by atoms with Crippen LogP contribution in [0.5, 0.6) is 0 Å². The Bertz CT molecular complexity index is 791. The number of amides is 1. The number of carbonyl (C=O) groups excluding carboxylic acids is 1. The molecular weight excluding hydrogens is 322 g/mol. The number of anilines is 1. The van der Waals surface area contributed by atoms with Crippen LogP contribution in [-0.2, 0) is 11.3 Å². The maximum absolute atomic E-state index is 12.4. The smallest absolute Gasteiger partial charge is 0.237 e. The minimum Gasteiger partial charge on any atom is -0.324 e. The Morgan fingerprint density at radius 1 is 1.46 bits per heavy atom. The molecule has 3 rings (SSSR count). The van der Waals surface area contributed by atoms with Gasteiger partial charge in [-0.25, -0.2) is 0 Å². The summed E-state index contributed by atoms with van der Waals surface area (Å²) in [5, 5.41) is 20.9. The molecule has 0 spiro atoms. The molecule has 1 heterocycles. The summed E-state index contributed by atoms with van der Waals surface area (Å²) >= 11 is 1.40. The van der Waals surface area contributed by atoms with E-state index in [1.807, 2.05) is 6.92 Å². The van der Waals surface area contributed by atoms with Gasteiger partial charge in [-0.2, -0.15) is 5.26 Å². The van der Waals surface area contributed by atoms with Gasteiger partial charge in [0, 0.05) is 12.5 Å². The van der Waals surface area contributed by atoms with E-state index in [0.29, 0.717) is 17.2 Å². The molecule has 0 saturated heterocycles. The van der Waals surface area contributed by atoms with Crippen LogP contribution in [0.15, 0.2) is 29.4 Å². The van der Waals surface area contributed by atoms with Gasteiger partial charge < -0.3 is 9.88 Å². The fourth-order valence-corrected chi connectivity index (χ4v) is 3.38. The van der Waals surface area contributed by atoms with Gasteiger partial charge in [-0.05, 0) is 38.8 Å². The molecule has 1 aliphatic carbocycles. The molecule has 0 unspecified atom stereocenters. The molecule has 2 aromatic rings. The van der Waals surface area contributed by atoms with Crippen LogP contribution in [0, 0.1) is 11.3 Å². The number of nitrogens with one attached hydrogen (secondary N) is 1. The summed E-state index contributed by atoms with van der Waals surface area (Å²) in [6.07, 6.45) is 2.34. The van der Waals surface area contributed by atoms with Gasteiger partial charge in [0.1, 0.15) is 11.9 Å². The van der Waals surface area contributed by atoms with E-state index in [1.54, 1.807) is 24.3 Å². The number of hydrogen-bond acceptors (Lipinski definition) is 5. The lowest BCUT2D eigenvalue weighted by Gasteiger charge is -2.13. The van der Waals surface area contributed by atoms with Crippen LogP contribution in [0.4, 0.5) is 5.69 Å². The summed E-state index contributed by atoms with van der Waals surface area (Å²) in [4.78, 5) is 12.4. The first kappa shape index (κ1) is 16.5. The van der Waals surface area contributed by atoms with E-state index in [4.69, 9.17) is 5.26 Å². The number of para-hydroxylation sites is 1. The van der Waals surface area contributed by atoms with Gasteiger partial charge in [0.15, 0.2) is 5.16 Å². The van der Waals surface area contributed by atoms with Crippen LogP contribution in [-0.4, -0.2) is 25.9 Å². The number of nitrogens with zero attached hydrogens (tertiary/aromatic N) is 4. The standard InChI is InChI=1S/C17H19N5OS/c1-3-22-15(12-8-9-12)20-21-17(22)24-11(2)16(23)19-14-7-5-4-6-13(14)10-18/h4-7,11-12H,3,8-9H2,1-2H3,(H,19,23)/t11-/m1/s1. The lowest BCUT2D eigenvalue weighted by molar-refractivity contribution is -0.115. The quantitative estimate of drug-likeness (QED) is 0.816. The second-order valence-electron chi connectivity index (χ2n) is 5.77. The Morgan fingerprint density at radius 3 is 2.88 bits per heavy atom. The predicted molar refractivity (Wildman–Crippen MR) is 92.8 cm³/mol. The normalized spacial score (nSPS) is 14.9. The number of thioether (sulfide) groups is 1. The van der Waals surface area contributed by atoms with Gasteiger partial charge in [-0.15, -0.1) is 10.2 Å². The third-order valence-electron chi connectivity index (χ3n) is 3.96. The second-order valence-corrected chi connectivity index (χ2v) is 7.07. The van der Waals surface area contributed by atoms with Gasteiger partial charge in [0.2, 0.25) is 5.91 Å². The molecule has 1 fully saturated rings. The number of benzene rings is 1. The van der Waals surface area contributed by atoms with Crippen molar-refractivity contribution in [2.24, 2.45) is 0 Å². The van der Waals surface area contributed by atoms with Crippen molar-refractivity contribution in [1.82, 2.24) is 14.8 Å². The molecule has 1 atom stereocenters. The van der Waals surface area contributed by atoms with E-state index in [1.165, 1.54) is 24.6 Å². The number of rotatable bonds is 6. The average Bonchev–Trinajstić information content (AvgIpc) is 3.36. The first-order chi connectivity index (χ1) is 11.6. The topological polar surface area (TPSA) is 83.6 Å². The molecule has 0 aliphatic heterocycles. The second kappa shape index (κ2) is 7.05. The summed E-state index contributed by atoms with van der Waals surface area (Å²) in [5.74, 6) is 1.40. The molecule has 1 aromatic carbocycles. The molecule has 1 saturated carbocycles. The van der Waals surface area contributed by atoms with E-state index in [-0.39, 0.29) is 11.2 Å². The van der Waals surface area contributed by atoms with Crippen LogP contribution >= 0.6 is 11.8 Å². The minimum absolute atomic E-state index is 0.152. The van der Waals surface area contributed by atoms with Gasteiger partial charge in [-0.3, -0.25) is 4.79 Å². The van der Waals surface area contributed by atoms with E-state index in [9.17, 15) is 4.79 Å². The molecule has 124 valence electrons. The van der Waals surface area contributed by atoms with Crippen LogP contribution in [0.25, 0.3) is 0 Å². The largest absolute Gasteiger partial charge is 0.324 e. The third-order valence-corrected chi connectivity index (χ3v) is 5.04. The van der Waals surface area contributed by atoms with E-state index in [0.717, 1.165) is 17.5 Å². The average molecular weight is 341 g/mol. The molecule has 1 amide bonds. The van der Waals surface area contributed by atoms with E-state index >= 15 is 0 Å². The maximum Gasteiger partial charge on any atom is 0.237 e. The zero-order valence-corrected chi connectivity index (χ0v) is 14.5. The van der Waals surface area contributed by atoms with E-state index in [2.05, 4.69) is 33.1 Å². The lowest BCUT2D eigenvalue weighted by Crippen LogP contribution is -2.23. The molecule has 1 aromatic heterocycles. The Morgan fingerprint density at radius 2 is 2.21 bits per heavy atom. The lowest BCUT2D eigenvalue weighted by atomic mass is 10.2. The zero-order valence-electron chi connectivity index (χ0n) is 13.7. The highest BCUT2D eigenvalue weighted by molar-refractivity contribution is 8.00. The van der Waals surface area contributed by atoms with Gasteiger partial charge >= 0.3 is 0 Å². The maximum atomic E-state index is 12.4. The SMILES string of the molecule is CCn1c(S[C@H](C)C(=O)Nc2ccccc2C#N)nnc1C1CC1. The summed E-state index contributed by atoms with van der Waals surface area (Å²) in [6, 6.07) is 9.06. The summed E-state index contributed by atoms with van der Waals surface area (Å²) in [6.45, 7) is 4.69. The van der Waals surface area contributed by atoms with Crippen molar-refractivity contribution in [3.8, 4) is 6.07 Å². The number of aromatic nitrogens is 3.